The minimum Gasteiger partial charge on any atom is -0.352 e. The minimum atomic E-state index is -3.13. The van der Waals surface area contributed by atoms with Crippen LogP contribution >= 0.6 is 8.25 Å². The normalized spacial score (nSPS) is 7.56. The standard InChI is InChI=1S/C2H6N2O.H3O3P/c1-4-2(3)5;1-4(2)3/h1H3,(H3,3,4,5);4H,(H2,1,2,3). The van der Waals surface area contributed by atoms with Gasteiger partial charge in [-0.25, -0.2) is 4.79 Å². The van der Waals surface area contributed by atoms with Crippen LogP contribution in [0, 0.1) is 0 Å². The molecule has 0 unspecified atom stereocenters. The summed E-state index contributed by atoms with van der Waals surface area (Å²) in [5.74, 6) is 0. The molecule has 56 valence electrons. The molecule has 2 amide bonds. The molecule has 0 aromatic rings. The molecule has 5 N–H and O–H groups in total. The summed E-state index contributed by atoms with van der Waals surface area (Å²) >= 11 is 0. The van der Waals surface area contributed by atoms with Crippen LogP contribution in [0.5, 0.6) is 0 Å². The number of nitrogens with one attached hydrogen (secondary N) is 1. The lowest BCUT2D eigenvalue weighted by atomic mass is 11.1. The van der Waals surface area contributed by atoms with E-state index >= 15 is 0 Å². The van der Waals surface area contributed by atoms with Gasteiger partial charge in [-0.15, -0.1) is 0 Å². The second-order valence-corrected chi connectivity index (χ2v) is 1.46. The van der Waals surface area contributed by atoms with Gasteiger partial charge < -0.3 is 20.8 Å². The first-order valence-electron chi connectivity index (χ1n) is 1.89. The fourth-order valence-corrected chi connectivity index (χ4v) is 0. The van der Waals surface area contributed by atoms with Crippen LogP contribution in [0.1, 0.15) is 0 Å². The van der Waals surface area contributed by atoms with E-state index in [9.17, 15) is 4.79 Å². The van der Waals surface area contributed by atoms with E-state index in [0.717, 1.165) is 0 Å². The van der Waals surface area contributed by atoms with Crippen LogP contribution in [0.15, 0.2) is 0 Å². The van der Waals surface area contributed by atoms with E-state index in [4.69, 9.17) is 14.4 Å². The minimum absolute atomic E-state index is 0.495. The highest BCUT2D eigenvalue weighted by molar-refractivity contribution is 7.30. The second-order valence-electron chi connectivity index (χ2n) is 0.897. The summed E-state index contributed by atoms with van der Waals surface area (Å²) in [6.45, 7) is 0. The molecule has 0 saturated heterocycles. The number of hydrogen-bond donors (Lipinski definition) is 4. The van der Waals surface area contributed by atoms with Crippen LogP contribution in [0.2, 0.25) is 0 Å². The maximum atomic E-state index is 9.48. The molecule has 0 saturated carbocycles. The average Bonchev–Trinajstić information content (AvgIpc) is 1.65. The third-order valence-electron chi connectivity index (χ3n) is 0.246. The van der Waals surface area contributed by atoms with Crippen LogP contribution in [0.3, 0.4) is 0 Å². The van der Waals surface area contributed by atoms with Gasteiger partial charge in [0.15, 0.2) is 0 Å². The number of carbonyl (C=O) groups is 1. The summed E-state index contributed by atoms with van der Waals surface area (Å²) in [6.07, 6.45) is 0. The first-order valence-corrected chi connectivity index (χ1v) is 3.20. The van der Waals surface area contributed by atoms with Crippen molar-refractivity contribution in [3.05, 3.63) is 0 Å². The van der Waals surface area contributed by atoms with Gasteiger partial charge in [-0.3, -0.25) is 4.57 Å². The zero-order valence-corrected chi connectivity index (χ0v) is 5.79. The topological polar surface area (TPSA) is 113 Å². The number of primary amides is 1. The van der Waals surface area contributed by atoms with Crippen LogP contribution < -0.4 is 11.1 Å². The van der Waals surface area contributed by atoms with E-state index in [1.807, 2.05) is 0 Å². The number of nitrogens with two attached hydrogens (primary N) is 1. The van der Waals surface area contributed by atoms with E-state index in [0.29, 0.717) is 0 Å². The Morgan fingerprint density at radius 1 is 1.67 bits per heavy atom. The molecule has 6 nitrogen and oxygen atoms in total. The first kappa shape index (κ1) is 11.2. The molecule has 0 heterocycles. The van der Waals surface area contributed by atoms with Gasteiger partial charge >= 0.3 is 14.3 Å². The lowest BCUT2D eigenvalue weighted by molar-refractivity contribution is 0.251. The van der Waals surface area contributed by atoms with Gasteiger partial charge in [0, 0.05) is 7.05 Å². The molecule has 0 aromatic carbocycles. The Kier molecular flexibility index (Phi) is 9.27. The van der Waals surface area contributed by atoms with Crippen LogP contribution in [-0.4, -0.2) is 22.9 Å². The van der Waals surface area contributed by atoms with Crippen molar-refractivity contribution in [2.75, 3.05) is 7.05 Å². The third kappa shape index (κ3) is 108. The molecule has 0 fully saturated rings. The quantitative estimate of drug-likeness (QED) is 0.324. The van der Waals surface area contributed by atoms with Crippen LogP contribution in [0.25, 0.3) is 0 Å². The maximum Gasteiger partial charge on any atom is 0.314 e. The highest BCUT2D eigenvalue weighted by atomic mass is 31.1. The van der Waals surface area contributed by atoms with E-state index in [1.165, 1.54) is 7.05 Å². The predicted molar refractivity (Wildman–Crippen MR) is 32.1 cm³/mol. The molecule has 0 spiro atoms. The Morgan fingerprint density at radius 3 is 1.78 bits per heavy atom. The number of carbonyl (C=O) groups excluding carboxylic acids is 1. The summed E-state index contributed by atoms with van der Waals surface area (Å²) in [5, 5.41) is 2.17. The molecule has 0 aliphatic carbocycles. The lowest BCUT2D eigenvalue weighted by Gasteiger charge is -1.80. The van der Waals surface area contributed by atoms with Crippen LogP contribution in [-0.2, 0) is 4.57 Å². The number of hydrogen-bond acceptors (Lipinski definition) is 2. The number of amides is 2. The van der Waals surface area contributed by atoms with Crippen molar-refractivity contribution in [3.8, 4) is 0 Å². The zero-order chi connectivity index (χ0) is 7.86. The molecule has 0 aromatic heterocycles. The summed E-state index contributed by atoms with van der Waals surface area (Å²) in [6, 6.07) is -0.495. The fourth-order valence-electron chi connectivity index (χ4n) is 0. The van der Waals surface area contributed by atoms with Crippen LogP contribution in [0.4, 0.5) is 4.79 Å². The van der Waals surface area contributed by atoms with Crippen molar-refractivity contribution in [1.29, 1.82) is 0 Å². The van der Waals surface area contributed by atoms with Crippen molar-refractivity contribution in [2.24, 2.45) is 5.73 Å². The van der Waals surface area contributed by atoms with Gasteiger partial charge in [-0.1, -0.05) is 0 Å². The molecule has 0 atom stereocenters. The Bertz CT molecular complexity index is 101. The largest absolute Gasteiger partial charge is 0.352 e. The molecule has 0 bridgehead atoms. The predicted octanol–water partition coefficient (Wildman–Crippen LogP) is -1.35. The highest BCUT2D eigenvalue weighted by Crippen LogP contribution is 1.98. The Labute approximate surface area is 52.6 Å². The fraction of sp³-hybridized carbons (Fsp3) is 0.500. The Morgan fingerprint density at radius 2 is 1.78 bits per heavy atom. The molecular weight excluding hydrogens is 147 g/mol. The molecule has 0 aliphatic heterocycles. The van der Waals surface area contributed by atoms with Gasteiger partial charge in [0.1, 0.15) is 0 Å². The molecule has 0 rings (SSSR count). The lowest BCUT2D eigenvalue weighted by Crippen LogP contribution is -2.24. The van der Waals surface area contributed by atoms with E-state index in [1.54, 1.807) is 0 Å². The summed E-state index contributed by atoms with van der Waals surface area (Å²) in [5.41, 5.74) is 4.54. The average molecular weight is 156 g/mol. The smallest absolute Gasteiger partial charge is 0.314 e. The van der Waals surface area contributed by atoms with Gasteiger partial charge in [-0.05, 0) is 0 Å². The molecular formula is C2H9N2O4P. The molecule has 7 heteroatoms. The van der Waals surface area contributed by atoms with Crippen molar-refractivity contribution in [1.82, 2.24) is 5.32 Å². The number of urea groups is 1. The molecule has 0 aliphatic rings. The highest BCUT2D eigenvalue weighted by Gasteiger charge is 1.72. The monoisotopic (exact) mass is 156 g/mol. The van der Waals surface area contributed by atoms with E-state index in [-0.39, 0.29) is 0 Å². The van der Waals surface area contributed by atoms with Crippen molar-refractivity contribution >= 4 is 14.3 Å². The zero-order valence-electron chi connectivity index (χ0n) is 4.79. The van der Waals surface area contributed by atoms with Gasteiger partial charge in [0.2, 0.25) is 0 Å². The molecule has 9 heavy (non-hydrogen) atoms. The number of rotatable bonds is 0. The van der Waals surface area contributed by atoms with Crippen molar-refractivity contribution < 1.29 is 19.1 Å². The second kappa shape index (κ2) is 7.42. The van der Waals surface area contributed by atoms with Crippen molar-refractivity contribution in [2.45, 2.75) is 0 Å². The third-order valence-corrected chi connectivity index (χ3v) is 0.246. The summed E-state index contributed by atoms with van der Waals surface area (Å²) < 4.78 is 8.74. The maximum absolute atomic E-state index is 9.48. The summed E-state index contributed by atoms with van der Waals surface area (Å²) in [4.78, 5) is 23.8. The van der Waals surface area contributed by atoms with Gasteiger partial charge in [-0.2, -0.15) is 0 Å². The SMILES string of the molecule is CNC(N)=O.O=[PH](O)O. The van der Waals surface area contributed by atoms with E-state index < -0.39 is 14.3 Å². The molecule has 0 radical (unpaired) electrons. The Hall–Kier alpha value is -0.580. The Balaban J connectivity index is 0. The van der Waals surface area contributed by atoms with Crippen molar-refractivity contribution in [3.63, 3.8) is 0 Å². The van der Waals surface area contributed by atoms with Gasteiger partial charge in [0.25, 0.3) is 0 Å². The van der Waals surface area contributed by atoms with Gasteiger partial charge in [0.05, 0.1) is 0 Å². The first-order chi connectivity index (χ1) is 4.00. The summed E-state index contributed by atoms with van der Waals surface area (Å²) in [7, 11) is -1.66. The van der Waals surface area contributed by atoms with E-state index in [2.05, 4.69) is 11.1 Å².